The minimum atomic E-state index is -0.668. The van der Waals surface area contributed by atoms with Gasteiger partial charge in [-0.25, -0.2) is 0 Å². The number of benzene rings is 3. The Kier molecular flexibility index (Phi) is 6.04. The van der Waals surface area contributed by atoms with E-state index < -0.39 is 10.2 Å². The summed E-state index contributed by atoms with van der Waals surface area (Å²) >= 11 is 3.82. The first kappa shape index (κ1) is 20.3. The lowest BCUT2D eigenvalue weighted by molar-refractivity contribution is -0.122. The lowest BCUT2D eigenvalue weighted by Gasteiger charge is -2.40. The van der Waals surface area contributed by atoms with Crippen molar-refractivity contribution in [1.82, 2.24) is 5.32 Å². The van der Waals surface area contributed by atoms with E-state index in [1.807, 2.05) is 75.4 Å². The second-order valence-electron chi connectivity index (χ2n) is 8.01. The molecule has 0 aliphatic carbocycles. The summed E-state index contributed by atoms with van der Waals surface area (Å²) in [6.45, 7) is 6.00. The Hall–Kier alpha value is -2.39. The quantitative estimate of drug-likeness (QED) is 0.404. The minimum absolute atomic E-state index is 0.0379. The first-order chi connectivity index (χ1) is 13.4. The fourth-order valence-corrected chi connectivity index (χ4v) is 4.58. The van der Waals surface area contributed by atoms with Gasteiger partial charge in [-0.1, -0.05) is 107 Å². The summed E-state index contributed by atoms with van der Waals surface area (Å²) < 4.78 is 0. The molecule has 0 heterocycles. The molecule has 0 bridgehead atoms. The van der Waals surface area contributed by atoms with Gasteiger partial charge in [-0.3, -0.25) is 4.79 Å². The molecule has 3 aromatic rings. The van der Waals surface area contributed by atoms with Gasteiger partial charge in [0.05, 0.1) is 5.41 Å². The maximum Gasteiger partial charge on any atom is 0.235 e. The highest BCUT2D eigenvalue weighted by atomic mass is 79.9. The van der Waals surface area contributed by atoms with Crippen LogP contribution in [0, 0.1) is 0 Å². The molecule has 0 aliphatic heterocycles. The standard InChI is InChI=1S/C25H26BrNO/c1-24(2,3)27-23(28)22(26)25(19-13-7-4-8-14-19,20-15-9-5-10-16-20)21-17-11-6-12-18-21/h4-18,22H,1-3H3,(H,27,28). The van der Waals surface area contributed by atoms with Crippen molar-refractivity contribution in [2.45, 2.75) is 36.6 Å². The van der Waals surface area contributed by atoms with E-state index in [-0.39, 0.29) is 11.4 Å². The van der Waals surface area contributed by atoms with Gasteiger partial charge in [0.1, 0.15) is 4.83 Å². The van der Waals surface area contributed by atoms with Crippen molar-refractivity contribution >= 4 is 21.8 Å². The monoisotopic (exact) mass is 435 g/mol. The third-order valence-electron chi connectivity index (χ3n) is 4.80. The fraction of sp³-hybridized carbons (Fsp3) is 0.240. The van der Waals surface area contributed by atoms with Crippen molar-refractivity contribution in [3.05, 3.63) is 108 Å². The zero-order chi connectivity index (χ0) is 20.2. The van der Waals surface area contributed by atoms with Gasteiger partial charge < -0.3 is 5.32 Å². The molecule has 3 rings (SSSR count). The third-order valence-corrected chi connectivity index (χ3v) is 5.90. The molecule has 0 radical (unpaired) electrons. The number of carbonyl (C=O) groups excluding carboxylic acids is 1. The van der Waals surface area contributed by atoms with Gasteiger partial charge in [0.15, 0.2) is 0 Å². The maximum absolute atomic E-state index is 13.4. The van der Waals surface area contributed by atoms with Crippen molar-refractivity contribution in [3.8, 4) is 0 Å². The SMILES string of the molecule is CC(C)(C)NC(=O)C(Br)C(c1ccccc1)(c1ccccc1)c1ccccc1. The van der Waals surface area contributed by atoms with Gasteiger partial charge in [0, 0.05) is 5.54 Å². The number of hydrogen-bond acceptors (Lipinski definition) is 1. The summed E-state index contributed by atoms with van der Waals surface area (Å²) in [5.74, 6) is -0.0379. The molecule has 1 amide bonds. The molecule has 0 aromatic heterocycles. The van der Waals surface area contributed by atoms with Gasteiger partial charge in [-0.2, -0.15) is 0 Å². The molecule has 1 N–H and O–H groups in total. The van der Waals surface area contributed by atoms with Crippen molar-refractivity contribution in [2.75, 3.05) is 0 Å². The summed E-state index contributed by atoms with van der Waals surface area (Å²) in [6.07, 6.45) is 0. The van der Waals surface area contributed by atoms with Crippen LogP contribution in [0.1, 0.15) is 37.5 Å². The molecule has 0 aliphatic rings. The number of rotatable bonds is 5. The number of amides is 1. The number of hydrogen-bond donors (Lipinski definition) is 1. The van der Waals surface area contributed by atoms with Gasteiger partial charge in [-0.15, -0.1) is 0 Å². The molecule has 2 nitrogen and oxygen atoms in total. The highest BCUT2D eigenvalue weighted by Crippen LogP contribution is 2.45. The van der Waals surface area contributed by atoms with E-state index in [1.54, 1.807) is 0 Å². The van der Waals surface area contributed by atoms with E-state index >= 15 is 0 Å². The average Bonchev–Trinajstić information content (AvgIpc) is 2.70. The molecule has 1 unspecified atom stereocenters. The number of nitrogens with one attached hydrogen (secondary N) is 1. The van der Waals surface area contributed by atoms with Crippen LogP contribution in [-0.4, -0.2) is 16.3 Å². The van der Waals surface area contributed by atoms with Gasteiger partial charge >= 0.3 is 0 Å². The molecule has 0 spiro atoms. The lowest BCUT2D eigenvalue weighted by atomic mass is 9.67. The molecule has 0 fully saturated rings. The van der Waals surface area contributed by atoms with Gasteiger partial charge in [0.25, 0.3) is 0 Å². The fourth-order valence-electron chi connectivity index (χ4n) is 3.67. The number of carbonyl (C=O) groups is 1. The zero-order valence-electron chi connectivity index (χ0n) is 16.5. The number of halogens is 1. The summed E-state index contributed by atoms with van der Waals surface area (Å²) in [5.41, 5.74) is 2.22. The molecule has 3 heteroatoms. The van der Waals surface area contributed by atoms with Crippen molar-refractivity contribution in [1.29, 1.82) is 0 Å². The van der Waals surface area contributed by atoms with Crippen LogP contribution in [0.4, 0.5) is 0 Å². The predicted octanol–water partition coefficient (Wildman–Crippen LogP) is 5.70. The second-order valence-corrected chi connectivity index (χ2v) is 8.92. The van der Waals surface area contributed by atoms with Crippen LogP contribution in [0.15, 0.2) is 91.0 Å². The highest BCUT2D eigenvalue weighted by molar-refractivity contribution is 9.10. The van der Waals surface area contributed by atoms with Crippen LogP contribution in [0.3, 0.4) is 0 Å². The van der Waals surface area contributed by atoms with Crippen LogP contribution in [0.2, 0.25) is 0 Å². The molecule has 0 saturated heterocycles. The highest BCUT2D eigenvalue weighted by Gasteiger charge is 2.46. The predicted molar refractivity (Wildman–Crippen MR) is 120 cm³/mol. The smallest absolute Gasteiger partial charge is 0.235 e. The van der Waals surface area contributed by atoms with Gasteiger partial charge in [-0.05, 0) is 37.5 Å². The topological polar surface area (TPSA) is 29.1 Å². The lowest BCUT2D eigenvalue weighted by Crippen LogP contribution is -2.52. The largest absolute Gasteiger partial charge is 0.350 e. The Morgan fingerprint density at radius 1 is 0.714 bits per heavy atom. The van der Waals surface area contributed by atoms with E-state index in [0.29, 0.717) is 0 Å². The van der Waals surface area contributed by atoms with Crippen LogP contribution in [0.25, 0.3) is 0 Å². The van der Waals surface area contributed by atoms with Crippen LogP contribution < -0.4 is 5.32 Å². The molecule has 28 heavy (non-hydrogen) atoms. The Morgan fingerprint density at radius 3 is 1.32 bits per heavy atom. The van der Waals surface area contributed by atoms with Crippen LogP contribution in [0.5, 0.6) is 0 Å². The molecule has 1 atom stereocenters. The molecular weight excluding hydrogens is 410 g/mol. The van der Waals surface area contributed by atoms with E-state index in [0.717, 1.165) is 16.7 Å². The summed E-state index contributed by atoms with van der Waals surface area (Å²) in [5, 5.41) is 3.15. The van der Waals surface area contributed by atoms with E-state index in [2.05, 4.69) is 57.6 Å². The Morgan fingerprint density at radius 2 is 1.04 bits per heavy atom. The van der Waals surface area contributed by atoms with E-state index in [1.165, 1.54) is 0 Å². The van der Waals surface area contributed by atoms with Gasteiger partial charge in [0.2, 0.25) is 5.91 Å². The Labute approximate surface area is 176 Å². The average molecular weight is 436 g/mol. The Bertz CT molecular complexity index is 805. The molecule has 0 saturated carbocycles. The van der Waals surface area contributed by atoms with Crippen molar-refractivity contribution in [2.24, 2.45) is 0 Å². The van der Waals surface area contributed by atoms with Crippen LogP contribution >= 0.6 is 15.9 Å². The van der Waals surface area contributed by atoms with Crippen molar-refractivity contribution < 1.29 is 4.79 Å². The first-order valence-electron chi connectivity index (χ1n) is 9.48. The minimum Gasteiger partial charge on any atom is -0.350 e. The third kappa shape index (κ3) is 4.05. The molecule has 3 aromatic carbocycles. The maximum atomic E-state index is 13.4. The first-order valence-corrected chi connectivity index (χ1v) is 10.4. The van der Waals surface area contributed by atoms with Crippen LogP contribution in [-0.2, 0) is 10.2 Å². The van der Waals surface area contributed by atoms with E-state index in [9.17, 15) is 4.79 Å². The zero-order valence-corrected chi connectivity index (χ0v) is 18.1. The molecular formula is C25H26BrNO. The van der Waals surface area contributed by atoms with Crippen molar-refractivity contribution in [3.63, 3.8) is 0 Å². The second kappa shape index (κ2) is 8.32. The summed E-state index contributed by atoms with van der Waals surface area (Å²) in [7, 11) is 0. The van der Waals surface area contributed by atoms with E-state index in [4.69, 9.17) is 0 Å². The molecule has 144 valence electrons. The summed E-state index contributed by atoms with van der Waals surface area (Å²) in [4.78, 5) is 12.9. The Balaban J connectivity index is 2.30. The summed E-state index contributed by atoms with van der Waals surface area (Å²) in [6, 6.07) is 30.7. The normalized spacial score (nSPS) is 13.0. The number of alkyl halides is 1.